The van der Waals surface area contributed by atoms with Gasteiger partial charge in [-0.1, -0.05) is 24.3 Å². The third-order valence-electron chi connectivity index (χ3n) is 4.95. The summed E-state index contributed by atoms with van der Waals surface area (Å²) in [6, 6.07) is 11.7. The topological polar surface area (TPSA) is 15.3 Å². The molecule has 1 saturated heterocycles. The third-order valence-corrected chi connectivity index (χ3v) is 4.95. The molecule has 2 nitrogen and oxygen atoms in total. The molecular weight excluding hydrogens is 244 g/mol. The quantitative estimate of drug-likeness (QED) is 0.886. The first-order valence-corrected chi connectivity index (χ1v) is 8.20. The van der Waals surface area contributed by atoms with Gasteiger partial charge in [0, 0.05) is 30.7 Å². The Morgan fingerprint density at radius 1 is 1.30 bits per heavy atom. The number of hydrogen-bond acceptors (Lipinski definition) is 2. The molecule has 0 spiro atoms. The fourth-order valence-corrected chi connectivity index (χ4v) is 3.72. The monoisotopic (exact) mass is 272 g/mol. The number of nitrogens with one attached hydrogen (secondary N) is 1. The normalized spacial score (nSPS) is 28.8. The van der Waals surface area contributed by atoms with E-state index in [9.17, 15) is 0 Å². The van der Waals surface area contributed by atoms with Crippen LogP contribution in [-0.2, 0) is 6.42 Å². The first-order chi connectivity index (χ1) is 9.63. The number of likely N-dealkylation sites (tertiary alicyclic amines) is 1. The minimum Gasteiger partial charge on any atom is -0.310 e. The largest absolute Gasteiger partial charge is 0.310 e. The maximum Gasteiger partial charge on any atom is 0.0212 e. The Morgan fingerprint density at radius 3 is 2.75 bits per heavy atom. The summed E-state index contributed by atoms with van der Waals surface area (Å²) in [5.74, 6) is 0. The SMILES string of the molecule is Cc1ccccc1CC(C)NC1CC(C)N(C2CC2)C1. The Hall–Kier alpha value is -0.860. The zero-order chi connectivity index (χ0) is 14.1. The van der Waals surface area contributed by atoms with E-state index in [1.807, 2.05) is 0 Å². The number of benzene rings is 1. The molecule has 1 saturated carbocycles. The highest BCUT2D eigenvalue weighted by atomic mass is 15.3. The zero-order valence-corrected chi connectivity index (χ0v) is 13.1. The van der Waals surface area contributed by atoms with Gasteiger partial charge in [0.25, 0.3) is 0 Å². The summed E-state index contributed by atoms with van der Waals surface area (Å²) in [6.45, 7) is 8.20. The van der Waals surface area contributed by atoms with Crippen LogP contribution in [-0.4, -0.2) is 35.6 Å². The third kappa shape index (κ3) is 3.24. The molecule has 0 radical (unpaired) electrons. The van der Waals surface area contributed by atoms with Gasteiger partial charge in [-0.2, -0.15) is 0 Å². The lowest BCUT2D eigenvalue weighted by Crippen LogP contribution is -2.40. The smallest absolute Gasteiger partial charge is 0.0212 e. The Kier molecular flexibility index (Phi) is 4.13. The van der Waals surface area contributed by atoms with Gasteiger partial charge >= 0.3 is 0 Å². The lowest BCUT2D eigenvalue weighted by molar-refractivity contribution is 0.254. The summed E-state index contributed by atoms with van der Waals surface area (Å²) in [4.78, 5) is 2.72. The van der Waals surface area contributed by atoms with Crippen LogP contribution < -0.4 is 5.32 Å². The van der Waals surface area contributed by atoms with Crippen molar-refractivity contribution in [2.45, 2.75) is 70.6 Å². The molecule has 1 aliphatic carbocycles. The average Bonchev–Trinajstić information content (AvgIpc) is 3.17. The second-order valence-corrected chi connectivity index (χ2v) is 6.91. The van der Waals surface area contributed by atoms with Crippen molar-refractivity contribution in [1.82, 2.24) is 10.2 Å². The van der Waals surface area contributed by atoms with Crippen LogP contribution in [0.3, 0.4) is 0 Å². The standard InChI is InChI=1S/C18H28N2/c1-13-6-4-5-7-16(13)10-14(2)19-17-11-15(3)20(12-17)18-8-9-18/h4-7,14-15,17-19H,8-12H2,1-3H3. The molecule has 20 heavy (non-hydrogen) atoms. The van der Waals surface area contributed by atoms with E-state index >= 15 is 0 Å². The van der Waals surface area contributed by atoms with Crippen molar-refractivity contribution in [3.05, 3.63) is 35.4 Å². The molecule has 1 heterocycles. The van der Waals surface area contributed by atoms with Gasteiger partial charge in [0.2, 0.25) is 0 Å². The van der Waals surface area contributed by atoms with E-state index in [1.54, 1.807) is 0 Å². The summed E-state index contributed by atoms with van der Waals surface area (Å²) >= 11 is 0. The Labute approximate surface area is 123 Å². The molecule has 1 aromatic rings. The van der Waals surface area contributed by atoms with Gasteiger partial charge in [-0.15, -0.1) is 0 Å². The highest BCUT2D eigenvalue weighted by Crippen LogP contribution is 2.33. The first kappa shape index (κ1) is 14.1. The van der Waals surface area contributed by atoms with E-state index < -0.39 is 0 Å². The van der Waals surface area contributed by atoms with E-state index in [4.69, 9.17) is 0 Å². The molecule has 0 bridgehead atoms. The molecule has 2 aliphatic rings. The second-order valence-electron chi connectivity index (χ2n) is 6.91. The fraction of sp³-hybridized carbons (Fsp3) is 0.667. The lowest BCUT2D eigenvalue weighted by Gasteiger charge is -2.21. The van der Waals surface area contributed by atoms with Crippen molar-refractivity contribution in [3.63, 3.8) is 0 Å². The van der Waals surface area contributed by atoms with Crippen molar-refractivity contribution < 1.29 is 0 Å². The molecule has 2 fully saturated rings. The van der Waals surface area contributed by atoms with Gasteiger partial charge in [0.05, 0.1) is 0 Å². The Bertz CT molecular complexity index is 452. The Balaban J connectivity index is 1.52. The molecule has 3 atom stereocenters. The van der Waals surface area contributed by atoms with Crippen LogP contribution in [0.15, 0.2) is 24.3 Å². The van der Waals surface area contributed by atoms with Crippen LogP contribution in [0, 0.1) is 6.92 Å². The van der Waals surface area contributed by atoms with E-state index in [0.717, 1.165) is 18.5 Å². The summed E-state index contributed by atoms with van der Waals surface area (Å²) in [7, 11) is 0. The molecule has 0 amide bonds. The highest BCUT2D eigenvalue weighted by Gasteiger charge is 2.38. The van der Waals surface area contributed by atoms with Gasteiger partial charge in [-0.05, 0) is 57.6 Å². The second kappa shape index (κ2) is 5.87. The average molecular weight is 272 g/mol. The zero-order valence-electron chi connectivity index (χ0n) is 13.1. The maximum absolute atomic E-state index is 3.86. The van der Waals surface area contributed by atoms with Crippen molar-refractivity contribution in [2.75, 3.05) is 6.54 Å². The van der Waals surface area contributed by atoms with Crippen molar-refractivity contribution in [2.24, 2.45) is 0 Å². The fourth-order valence-electron chi connectivity index (χ4n) is 3.72. The molecular formula is C18H28N2. The van der Waals surface area contributed by atoms with Crippen LogP contribution in [0.5, 0.6) is 0 Å². The molecule has 2 heteroatoms. The molecule has 1 aliphatic heterocycles. The van der Waals surface area contributed by atoms with Gasteiger partial charge in [-0.3, -0.25) is 4.90 Å². The number of hydrogen-bond donors (Lipinski definition) is 1. The van der Waals surface area contributed by atoms with Crippen LogP contribution in [0.2, 0.25) is 0 Å². The number of nitrogens with zero attached hydrogens (tertiary/aromatic N) is 1. The molecule has 1 N–H and O–H groups in total. The summed E-state index contributed by atoms with van der Waals surface area (Å²) in [5, 5.41) is 3.86. The van der Waals surface area contributed by atoms with E-state index in [2.05, 4.69) is 55.3 Å². The van der Waals surface area contributed by atoms with Crippen molar-refractivity contribution in [1.29, 1.82) is 0 Å². The molecule has 3 rings (SSSR count). The van der Waals surface area contributed by atoms with E-state index in [1.165, 1.54) is 36.9 Å². The molecule has 0 aromatic heterocycles. The van der Waals surface area contributed by atoms with Crippen molar-refractivity contribution >= 4 is 0 Å². The molecule has 110 valence electrons. The number of rotatable bonds is 5. The summed E-state index contributed by atoms with van der Waals surface area (Å²) in [6.07, 6.45) is 5.31. The van der Waals surface area contributed by atoms with Crippen molar-refractivity contribution in [3.8, 4) is 0 Å². The highest BCUT2D eigenvalue weighted by molar-refractivity contribution is 5.26. The summed E-state index contributed by atoms with van der Waals surface area (Å²) in [5.41, 5.74) is 2.90. The van der Waals surface area contributed by atoms with E-state index in [0.29, 0.717) is 12.1 Å². The predicted molar refractivity (Wildman–Crippen MR) is 85.1 cm³/mol. The summed E-state index contributed by atoms with van der Waals surface area (Å²) < 4.78 is 0. The van der Waals surface area contributed by atoms with Crippen LogP contribution >= 0.6 is 0 Å². The Morgan fingerprint density at radius 2 is 2.05 bits per heavy atom. The first-order valence-electron chi connectivity index (χ1n) is 8.20. The van der Waals surface area contributed by atoms with Crippen LogP contribution in [0.4, 0.5) is 0 Å². The van der Waals surface area contributed by atoms with Crippen LogP contribution in [0.1, 0.15) is 44.2 Å². The van der Waals surface area contributed by atoms with Gasteiger partial charge in [0.1, 0.15) is 0 Å². The maximum atomic E-state index is 3.86. The van der Waals surface area contributed by atoms with Crippen LogP contribution in [0.25, 0.3) is 0 Å². The molecule has 3 unspecified atom stereocenters. The van der Waals surface area contributed by atoms with Gasteiger partial charge in [-0.25, -0.2) is 0 Å². The lowest BCUT2D eigenvalue weighted by atomic mass is 10.0. The van der Waals surface area contributed by atoms with E-state index in [-0.39, 0.29) is 0 Å². The van der Waals surface area contributed by atoms with Gasteiger partial charge in [0.15, 0.2) is 0 Å². The van der Waals surface area contributed by atoms with Gasteiger partial charge < -0.3 is 5.32 Å². The minimum atomic E-state index is 0.562. The minimum absolute atomic E-state index is 0.562. The predicted octanol–water partition coefficient (Wildman–Crippen LogP) is 3.14. The number of aryl methyl sites for hydroxylation is 1. The molecule has 1 aromatic carbocycles.